The maximum Gasteiger partial charge on any atom is 0.191 e. The second-order valence-electron chi connectivity index (χ2n) is 6.85. The van der Waals surface area contributed by atoms with E-state index < -0.39 is 11.9 Å². The van der Waals surface area contributed by atoms with Crippen molar-refractivity contribution in [2.45, 2.75) is 31.9 Å². The van der Waals surface area contributed by atoms with Gasteiger partial charge in [0.1, 0.15) is 17.7 Å². The first kappa shape index (κ1) is 23.3. The van der Waals surface area contributed by atoms with Crippen LogP contribution in [0.2, 0.25) is 0 Å². The summed E-state index contributed by atoms with van der Waals surface area (Å²) in [5.74, 6) is 1.24. The lowest BCUT2D eigenvalue weighted by Gasteiger charge is -2.33. The Morgan fingerprint density at radius 2 is 1.97 bits per heavy atom. The van der Waals surface area contributed by atoms with E-state index in [1.165, 1.54) is 6.07 Å². The zero-order valence-electron chi connectivity index (χ0n) is 16.6. The van der Waals surface area contributed by atoms with Gasteiger partial charge in [-0.3, -0.25) is 4.99 Å². The highest BCUT2D eigenvalue weighted by Crippen LogP contribution is 2.18. The van der Waals surface area contributed by atoms with E-state index in [4.69, 9.17) is 0 Å². The van der Waals surface area contributed by atoms with E-state index in [2.05, 4.69) is 25.5 Å². The Morgan fingerprint density at radius 3 is 2.62 bits per heavy atom. The van der Waals surface area contributed by atoms with E-state index in [9.17, 15) is 9.50 Å². The van der Waals surface area contributed by atoms with Crippen molar-refractivity contribution in [3.8, 4) is 0 Å². The number of hydrogen-bond acceptors (Lipinski definition) is 4. The summed E-state index contributed by atoms with van der Waals surface area (Å²) in [4.78, 5) is 11.1. The van der Waals surface area contributed by atoms with E-state index in [-0.39, 0.29) is 36.1 Å². The smallest absolute Gasteiger partial charge is 0.191 e. The van der Waals surface area contributed by atoms with E-state index in [0.29, 0.717) is 18.5 Å². The molecule has 0 bridgehead atoms. The minimum absolute atomic E-state index is 0. The number of piperidine rings is 1. The van der Waals surface area contributed by atoms with Crippen molar-refractivity contribution >= 4 is 35.8 Å². The fourth-order valence-electron chi connectivity index (χ4n) is 3.33. The third-order valence-electron chi connectivity index (χ3n) is 4.84. The van der Waals surface area contributed by atoms with E-state index in [1.807, 2.05) is 31.3 Å². The zero-order valence-corrected chi connectivity index (χ0v) is 18.9. The summed E-state index contributed by atoms with van der Waals surface area (Å²) >= 11 is 0. The van der Waals surface area contributed by atoms with Crippen LogP contribution in [-0.4, -0.2) is 48.3 Å². The number of nitrogens with one attached hydrogen (secondary N) is 2. The topological polar surface area (TPSA) is 72.8 Å². The number of halogens is 2. The fraction of sp³-hybridized carbons (Fsp3) is 0.429. The van der Waals surface area contributed by atoms with E-state index >= 15 is 0 Å². The molecule has 6 nitrogen and oxygen atoms in total. The number of aliphatic hydroxyl groups is 1. The molecule has 1 aromatic carbocycles. The van der Waals surface area contributed by atoms with Crippen LogP contribution < -0.4 is 15.5 Å². The summed E-state index contributed by atoms with van der Waals surface area (Å²) in [6, 6.07) is 12.5. The van der Waals surface area contributed by atoms with Gasteiger partial charge in [-0.15, -0.1) is 24.0 Å². The van der Waals surface area contributed by atoms with Crippen molar-refractivity contribution in [1.29, 1.82) is 0 Å². The van der Waals surface area contributed by atoms with Crippen molar-refractivity contribution in [2.24, 2.45) is 4.99 Å². The minimum Gasteiger partial charge on any atom is -0.386 e. The van der Waals surface area contributed by atoms with Crippen LogP contribution >= 0.6 is 24.0 Å². The molecular weight excluding hydrogens is 484 g/mol. The molecule has 0 spiro atoms. The van der Waals surface area contributed by atoms with Crippen LogP contribution in [0.25, 0.3) is 0 Å². The molecule has 1 aromatic heterocycles. The molecule has 0 amide bonds. The van der Waals surface area contributed by atoms with Crippen molar-refractivity contribution in [3.63, 3.8) is 0 Å². The van der Waals surface area contributed by atoms with Crippen molar-refractivity contribution in [3.05, 3.63) is 60.0 Å². The Morgan fingerprint density at radius 1 is 1.24 bits per heavy atom. The molecule has 158 valence electrons. The molecule has 1 unspecified atom stereocenters. The molecule has 8 heteroatoms. The number of benzene rings is 1. The van der Waals surface area contributed by atoms with Gasteiger partial charge < -0.3 is 20.6 Å². The highest BCUT2D eigenvalue weighted by atomic mass is 127. The molecule has 2 heterocycles. The van der Waals surface area contributed by atoms with Crippen LogP contribution in [0.1, 0.15) is 31.4 Å². The summed E-state index contributed by atoms with van der Waals surface area (Å²) in [7, 11) is 0. The van der Waals surface area contributed by atoms with Crippen LogP contribution in [0.5, 0.6) is 0 Å². The van der Waals surface area contributed by atoms with Gasteiger partial charge in [0.15, 0.2) is 5.96 Å². The van der Waals surface area contributed by atoms with Gasteiger partial charge in [-0.25, -0.2) is 9.37 Å². The molecule has 0 saturated carbocycles. The Bertz CT molecular complexity index is 769. The lowest BCUT2D eigenvalue weighted by Crippen LogP contribution is -2.49. The molecule has 3 N–H and O–H groups in total. The number of guanidine groups is 1. The maximum atomic E-state index is 13.8. The van der Waals surface area contributed by atoms with Crippen molar-refractivity contribution in [2.75, 3.05) is 31.1 Å². The standard InChI is InChI=1S/C21H28FN5O.HI/c1-2-23-21(25-15-19(28)17-7-3-4-8-18(17)22)26-16-10-13-27(14-11-16)20-9-5-6-12-24-20;/h3-9,12,16,19,28H,2,10-11,13-15H2,1H3,(H2,23,25,26);1H. The number of aromatic nitrogens is 1. The monoisotopic (exact) mass is 513 g/mol. The summed E-state index contributed by atoms with van der Waals surface area (Å²) in [5, 5.41) is 16.9. The highest BCUT2D eigenvalue weighted by molar-refractivity contribution is 14.0. The third kappa shape index (κ3) is 6.81. The molecule has 0 radical (unpaired) electrons. The number of aliphatic imine (C=N–C) groups is 1. The van der Waals surface area contributed by atoms with Gasteiger partial charge in [-0.1, -0.05) is 24.3 Å². The minimum atomic E-state index is -0.970. The van der Waals surface area contributed by atoms with E-state index in [1.54, 1.807) is 18.2 Å². The number of anilines is 1. The highest BCUT2D eigenvalue weighted by Gasteiger charge is 2.21. The average molecular weight is 513 g/mol. The lowest BCUT2D eigenvalue weighted by molar-refractivity contribution is 0.182. The number of nitrogens with zero attached hydrogens (tertiary/aromatic N) is 3. The van der Waals surface area contributed by atoms with Gasteiger partial charge in [0, 0.05) is 37.4 Å². The first-order valence-electron chi connectivity index (χ1n) is 9.80. The lowest BCUT2D eigenvalue weighted by atomic mass is 10.1. The predicted molar refractivity (Wildman–Crippen MR) is 125 cm³/mol. The quantitative estimate of drug-likeness (QED) is 0.315. The molecule has 2 aromatic rings. The molecule has 1 aliphatic rings. The fourth-order valence-corrected chi connectivity index (χ4v) is 3.33. The van der Waals surface area contributed by atoms with Crippen LogP contribution in [0.3, 0.4) is 0 Å². The Kier molecular flexibility index (Phi) is 9.59. The molecule has 1 atom stereocenters. The van der Waals surface area contributed by atoms with Crippen molar-refractivity contribution in [1.82, 2.24) is 15.6 Å². The normalized spacial score (nSPS) is 16.1. The van der Waals surface area contributed by atoms with Gasteiger partial charge in [0.2, 0.25) is 0 Å². The Balaban J connectivity index is 0.00000300. The van der Waals surface area contributed by atoms with Gasteiger partial charge in [-0.2, -0.15) is 0 Å². The summed E-state index contributed by atoms with van der Waals surface area (Å²) in [6.07, 6.45) is 2.78. The molecular formula is C21H29FIN5O. The van der Waals surface area contributed by atoms with Crippen LogP contribution in [0.15, 0.2) is 53.7 Å². The molecule has 0 aliphatic carbocycles. The molecule has 1 saturated heterocycles. The zero-order chi connectivity index (χ0) is 19.8. The van der Waals surface area contributed by atoms with E-state index in [0.717, 1.165) is 31.7 Å². The largest absolute Gasteiger partial charge is 0.386 e. The second kappa shape index (κ2) is 11.9. The number of hydrogen-bond donors (Lipinski definition) is 3. The molecule has 1 fully saturated rings. The summed E-state index contributed by atoms with van der Waals surface area (Å²) in [6.45, 7) is 4.66. The average Bonchev–Trinajstić information content (AvgIpc) is 2.73. The Labute approximate surface area is 188 Å². The number of pyridine rings is 1. The van der Waals surface area contributed by atoms with Crippen LogP contribution in [0, 0.1) is 5.82 Å². The van der Waals surface area contributed by atoms with Crippen LogP contribution in [-0.2, 0) is 0 Å². The van der Waals surface area contributed by atoms with Gasteiger partial charge in [-0.05, 0) is 38.0 Å². The van der Waals surface area contributed by atoms with Crippen LogP contribution in [0.4, 0.5) is 10.2 Å². The molecule has 29 heavy (non-hydrogen) atoms. The van der Waals surface area contributed by atoms with Gasteiger partial charge in [0.05, 0.1) is 6.54 Å². The third-order valence-corrected chi connectivity index (χ3v) is 4.84. The van der Waals surface area contributed by atoms with Gasteiger partial charge >= 0.3 is 0 Å². The number of aliphatic hydroxyl groups excluding tert-OH is 1. The molecule has 3 rings (SSSR count). The predicted octanol–water partition coefficient (Wildman–Crippen LogP) is 3.10. The second-order valence-corrected chi connectivity index (χ2v) is 6.85. The maximum absolute atomic E-state index is 13.8. The first-order chi connectivity index (χ1) is 13.7. The SMILES string of the molecule is CCNC(=NCC(O)c1ccccc1F)NC1CCN(c2ccccn2)CC1.I. The number of rotatable bonds is 6. The Hall–Kier alpha value is -1.94. The first-order valence-corrected chi connectivity index (χ1v) is 9.80. The molecule has 1 aliphatic heterocycles. The van der Waals surface area contributed by atoms with Gasteiger partial charge in [0.25, 0.3) is 0 Å². The summed E-state index contributed by atoms with van der Waals surface area (Å²) < 4.78 is 13.8. The summed E-state index contributed by atoms with van der Waals surface area (Å²) in [5.41, 5.74) is 0.269. The van der Waals surface area contributed by atoms with Crippen molar-refractivity contribution < 1.29 is 9.50 Å².